The first kappa shape index (κ1) is 22.3. The summed E-state index contributed by atoms with van der Waals surface area (Å²) in [5, 5.41) is 6.93. The number of ether oxygens (including phenoxy) is 2. The highest BCUT2D eigenvalue weighted by molar-refractivity contribution is 5.80. The summed E-state index contributed by atoms with van der Waals surface area (Å²) in [5.41, 5.74) is 0. The topological polar surface area (TPSA) is 85.1 Å². The number of esters is 1. The molecule has 0 aromatic carbocycles. The highest BCUT2D eigenvalue weighted by Gasteiger charge is 2.27. The molecule has 7 heteroatoms. The van der Waals surface area contributed by atoms with Crippen LogP contribution in [-0.2, 0) is 20.7 Å². The maximum Gasteiger partial charge on any atom is 0.308 e. The van der Waals surface area contributed by atoms with Gasteiger partial charge >= 0.3 is 5.97 Å². The molecule has 1 aromatic rings. The van der Waals surface area contributed by atoms with Crippen molar-refractivity contribution >= 4 is 11.9 Å². The zero-order valence-corrected chi connectivity index (χ0v) is 17.2. The van der Waals surface area contributed by atoms with Gasteiger partial charge in [-0.3, -0.25) is 9.79 Å². The van der Waals surface area contributed by atoms with Crippen LogP contribution in [0.5, 0.6) is 0 Å². The van der Waals surface area contributed by atoms with E-state index in [0.717, 1.165) is 70.0 Å². The molecule has 1 aliphatic rings. The van der Waals surface area contributed by atoms with Crippen LogP contribution in [-0.4, -0.2) is 50.9 Å². The van der Waals surface area contributed by atoms with Crippen molar-refractivity contribution in [2.45, 2.75) is 58.4 Å². The molecule has 2 N–H and O–H groups in total. The predicted octanol–water partition coefficient (Wildman–Crippen LogP) is 2.91. The Bertz CT molecular complexity index is 566. The third kappa shape index (κ3) is 8.33. The van der Waals surface area contributed by atoms with Crippen LogP contribution in [0.25, 0.3) is 0 Å². The Labute approximate surface area is 168 Å². The summed E-state index contributed by atoms with van der Waals surface area (Å²) >= 11 is 0. The monoisotopic (exact) mass is 393 g/mol. The molecule has 0 spiro atoms. The molecule has 2 rings (SSSR count). The molecule has 0 radical (unpaired) electrons. The van der Waals surface area contributed by atoms with Crippen LogP contribution in [0.4, 0.5) is 0 Å². The van der Waals surface area contributed by atoms with E-state index in [1.54, 1.807) is 6.26 Å². The number of hydrogen-bond donors (Lipinski definition) is 2. The van der Waals surface area contributed by atoms with Gasteiger partial charge in [0.1, 0.15) is 5.76 Å². The van der Waals surface area contributed by atoms with Gasteiger partial charge in [0, 0.05) is 38.8 Å². The van der Waals surface area contributed by atoms with E-state index in [2.05, 4.69) is 15.6 Å². The lowest BCUT2D eigenvalue weighted by Gasteiger charge is -2.29. The zero-order valence-electron chi connectivity index (χ0n) is 17.2. The van der Waals surface area contributed by atoms with Crippen molar-refractivity contribution in [3.05, 3.63) is 24.2 Å². The molecule has 1 saturated carbocycles. The van der Waals surface area contributed by atoms with E-state index in [0.29, 0.717) is 19.2 Å². The average Bonchev–Trinajstić information content (AvgIpc) is 3.22. The lowest BCUT2D eigenvalue weighted by molar-refractivity contribution is -0.149. The number of hydrogen-bond acceptors (Lipinski definition) is 5. The smallest absolute Gasteiger partial charge is 0.308 e. The quantitative estimate of drug-likeness (QED) is 0.260. The molecule has 1 heterocycles. The molecule has 1 aromatic heterocycles. The Hall–Kier alpha value is -2.02. The average molecular weight is 394 g/mol. The van der Waals surface area contributed by atoms with E-state index < -0.39 is 0 Å². The Morgan fingerprint density at radius 3 is 2.75 bits per heavy atom. The number of nitrogens with zero attached hydrogens (tertiary/aromatic N) is 1. The molecule has 1 fully saturated rings. The van der Waals surface area contributed by atoms with Gasteiger partial charge in [-0.25, -0.2) is 0 Å². The number of rotatable bonds is 11. The van der Waals surface area contributed by atoms with Crippen molar-refractivity contribution in [1.82, 2.24) is 10.6 Å². The normalized spacial score (nSPS) is 20.0. The molecule has 1 aliphatic carbocycles. The minimum Gasteiger partial charge on any atom is -0.469 e. The molecule has 0 unspecified atom stereocenters. The Balaban J connectivity index is 1.78. The maximum atomic E-state index is 11.9. The fourth-order valence-corrected chi connectivity index (χ4v) is 3.34. The third-order valence-electron chi connectivity index (χ3n) is 4.85. The summed E-state index contributed by atoms with van der Waals surface area (Å²) in [6.45, 7) is 7.24. The van der Waals surface area contributed by atoms with Gasteiger partial charge in [-0.2, -0.15) is 0 Å². The minimum absolute atomic E-state index is 0.0384. The van der Waals surface area contributed by atoms with Gasteiger partial charge in [-0.15, -0.1) is 0 Å². The van der Waals surface area contributed by atoms with Crippen LogP contribution < -0.4 is 10.6 Å². The SMILES string of the molecule is CCOCCCN=C(NCCc1ccco1)NC1CCC(C(=O)OCC)CC1. The fourth-order valence-electron chi connectivity index (χ4n) is 3.34. The Morgan fingerprint density at radius 2 is 2.07 bits per heavy atom. The number of carbonyl (C=O) groups is 1. The van der Waals surface area contributed by atoms with Crippen LogP contribution in [0.15, 0.2) is 27.8 Å². The molecule has 0 saturated heterocycles. The van der Waals surface area contributed by atoms with Crippen LogP contribution in [0.3, 0.4) is 0 Å². The van der Waals surface area contributed by atoms with E-state index in [1.807, 2.05) is 26.0 Å². The van der Waals surface area contributed by atoms with Crippen LogP contribution in [0.2, 0.25) is 0 Å². The van der Waals surface area contributed by atoms with E-state index >= 15 is 0 Å². The van der Waals surface area contributed by atoms with Gasteiger partial charge in [0.25, 0.3) is 0 Å². The molecule has 0 atom stereocenters. The number of guanidine groups is 1. The van der Waals surface area contributed by atoms with Gasteiger partial charge in [-0.1, -0.05) is 0 Å². The van der Waals surface area contributed by atoms with Crippen molar-refractivity contribution in [2.24, 2.45) is 10.9 Å². The molecule has 0 bridgehead atoms. The van der Waals surface area contributed by atoms with Crippen molar-refractivity contribution in [1.29, 1.82) is 0 Å². The van der Waals surface area contributed by atoms with Gasteiger partial charge in [0.05, 0.1) is 18.8 Å². The van der Waals surface area contributed by atoms with Crippen LogP contribution >= 0.6 is 0 Å². The van der Waals surface area contributed by atoms with Gasteiger partial charge in [-0.05, 0) is 58.1 Å². The molecule has 7 nitrogen and oxygen atoms in total. The summed E-state index contributed by atoms with van der Waals surface area (Å²) < 4.78 is 15.9. The molecule has 158 valence electrons. The first-order chi connectivity index (χ1) is 13.7. The first-order valence-corrected chi connectivity index (χ1v) is 10.5. The molecular formula is C21H35N3O4. The van der Waals surface area contributed by atoms with Crippen LogP contribution in [0.1, 0.15) is 51.7 Å². The van der Waals surface area contributed by atoms with Crippen molar-refractivity contribution in [2.75, 3.05) is 32.9 Å². The third-order valence-corrected chi connectivity index (χ3v) is 4.85. The van der Waals surface area contributed by atoms with Gasteiger partial charge < -0.3 is 24.5 Å². The highest BCUT2D eigenvalue weighted by Crippen LogP contribution is 2.25. The molecule has 28 heavy (non-hydrogen) atoms. The van der Waals surface area contributed by atoms with E-state index in [4.69, 9.17) is 13.9 Å². The van der Waals surface area contributed by atoms with Crippen molar-refractivity contribution < 1.29 is 18.7 Å². The Kier molecular flexibility index (Phi) is 10.5. The zero-order chi connectivity index (χ0) is 20.0. The minimum atomic E-state index is -0.0534. The lowest BCUT2D eigenvalue weighted by atomic mass is 9.86. The van der Waals surface area contributed by atoms with Gasteiger partial charge in [0.15, 0.2) is 5.96 Å². The summed E-state index contributed by atoms with van der Waals surface area (Å²) in [7, 11) is 0. The number of aliphatic imine (C=N–C) groups is 1. The van der Waals surface area contributed by atoms with E-state index in [-0.39, 0.29) is 11.9 Å². The maximum absolute atomic E-state index is 11.9. The molecule has 0 amide bonds. The largest absolute Gasteiger partial charge is 0.469 e. The second-order valence-corrected chi connectivity index (χ2v) is 6.98. The fraction of sp³-hybridized carbons (Fsp3) is 0.714. The first-order valence-electron chi connectivity index (χ1n) is 10.5. The summed E-state index contributed by atoms with van der Waals surface area (Å²) in [4.78, 5) is 16.6. The Morgan fingerprint density at radius 1 is 1.25 bits per heavy atom. The standard InChI is InChI=1S/C21H35N3O4/c1-3-26-15-6-13-22-21(23-14-12-19-7-5-16-28-19)24-18-10-8-17(9-11-18)20(25)27-4-2/h5,7,16-18H,3-4,6,8-15H2,1-2H3,(H2,22,23,24). The summed E-state index contributed by atoms with van der Waals surface area (Å²) in [6, 6.07) is 4.20. The second-order valence-electron chi connectivity index (χ2n) is 6.98. The molecule has 0 aliphatic heterocycles. The van der Waals surface area contributed by atoms with E-state index in [9.17, 15) is 4.79 Å². The molecular weight excluding hydrogens is 358 g/mol. The van der Waals surface area contributed by atoms with Crippen molar-refractivity contribution in [3.63, 3.8) is 0 Å². The second kappa shape index (κ2) is 13.2. The van der Waals surface area contributed by atoms with Gasteiger partial charge in [0.2, 0.25) is 0 Å². The summed E-state index contributed by atoms with van der Waals surface area (Å²) in [6.07, 6.45) is 7.01. The number of furan rings is 1. The summed E-state index contributed by atoms with van der Waals surface area (Å²) in [5.74, 6) is 1.76. The highest BCUT2D eigenvalue weighted by atomic mass is 16.5. The number of nitrogens with one attached hydrogen (secondary N) is 2. The van der Waals surface area contributed by atoms with E-state index in [1.165, 1.54) is 0 Å². The van der Waals surface area contributed by atoms with Crippen molar-refractivity contribution in [3.8, 4) is 0 Å². The van der Waals surface area contributed by atoms with Crippen LogP contribution in [0, 0.1) is 5.92 Å². The number of carbonyl (C=O) groups excluding carboxylic acids is 1. The predicted molar refractivity (Wildman–Crippen MR) is 109 cm³/mol. The lowest BCUT2D eigenvalue weighted by Crippen LogP contribution is -2.46.